The molecule has 2 N–H and O–H groups in total. The minimum absolute atomic E-state index is 0.255. The van der Waals surface area contributed by atoms with E-state index < -0.39 is 0 Å². The van der Waals surface area contributed by atoms with Gasteiger partial charge in [-0.25, -0.2) is 4.39 Å². The topological polar surface area (TPSA) is 24.1 Å². The van der Waals surface area contributed by atoms with Crippen molar-refractivity contribution in [2.24, 2.45) is 0 Å². The van der Waals surface area contributed by atoms with E-state index >= 15 is 0 Å². The maximum Gasteiger partial charge on any atom is 0.175 e. The molecule has 0 bridgehead atoms. The van der Waals surface area contributed by atoms with Gasteiger partial charge in [0.15, 0.2) is 5.11 Å². The van der Waals surface area contributed by atoms with Crippen molar-refractivity contribution >= 4 is 44.6 Å². The first-order chi connectivity index (χ1) is 9.45. The molecule has 0 amide bonds. The number of benzene rings is 2. The second kappa shape index (κ2) is 6.33. The molecule has 0 heterocycles. The number of hydrogen-bond donors (Lipinski definition) is 2. The second-order valence-corrected chi connectivity index (χ2v) is 5.79. The van der Waals surface area contributed by atoms with Crippen LogP contribution in [0, 0.1) is 19.7 Å². The van der Waals surface area contributed by atoms with Crippen LogP contribution in [0.15, 0.2) is 40.9 Å². The molecule has 0 saturated heterocycles. The molecule has 0 radical (unpaired) electrons. The van der Waals surface area contributed by atoms with Gasteiger partial charge in [-0.15, -0.1) is 0 Å². The number of rotatable bonds is 2. The summed E-state index contributed by atoms with van der Waals surface area (Å²) < 4.78 is 14.4. The van der Waals surface area contributed by atoms with Crippen molar-refractivity contribution in [3.8, 4) is 0 Å². The highest BCUT2D eigenvalue weighted by molar-refractivity contribution is 9.10. The van der Waals surface area contributed by atoms with Crippen LogP contribution in [0.25, 0.3) is 0 Å². The van der Waals surface area contributed by atoms with Gasteiger partial charge in [-0.1, -0.05) is 12.1 Å². The number of aryl methyl sites for hydroxylation is 2. The summed E-state index contributed by atoms with van der Waals surface area (Å²) in [6.07, 6.45) is 0. The van der Waals surface area contributed by atoms with Gasteiger partial charge in [0.2, 0.25) is 0 Å². The van der Waals surface area contributed by atoms with E-state index in [1.165, 1.54) is 6.07 Å². The predicted molar refractivity (Wildman–Crippen MR) is 89.9 cm³/mol. The Balaban J connectivity index is 2.07. The molecule has 0 unspecified atom stereocenters. The molecular formula is C15H14BrFN2S. The van der Waals surface area contributed by atoms with Crippen molar-refractivity contribution in [3.05, 3.63) is 57.8 Å². The number of thiocarbonyl (C=S) groups is 1. The van der Waals surface area contributed by atoms with Crippen LogP contribution in [-0.2, 0) is 0 Å². The Morgan fingerprint density at radius 2 is 1.85 bits per heavy atom. The minimum atomic E-state index is -0.255. The highest BCUT2D eigenvalue weighted by Crippen LogP contribution is 2.23. The van der Waals surface area contributed by atoms with Gasteiger partial charge in [0, 0.05) is 10.2 Å². The maximum atomic E-state index is 13.5. The molecule has 0 aliphatic heterocycles. The third kappa shape index (κ3) is 3.77. The van der Waals surface area contributed by atoms with Crippen LogP contribution < -0.4 is 10.6 Å². The van der Waals surface area contributed by atoms with Crippen LogP contribution in [0.1, 0.15) is 11.1 Å². The van der Waals surface area contributed by atoms with Gasteiger partial charge >= 0.3 is 0 Å². The average Bonchev–Trinajstić information content (AvgIpc) is 2.37. The molecule has 0 saturated carbocycles. The summed E-state index contributed by atoms with van der Waals surface area (Å²) in [6, 6.07) is 10.8. The van der Waals surface area contributed by atoms with Crippen molar-refractivity contribution in [1.82, 2.24) is 0 Å². The fraction of sp³-hybridized carbons (Fsp3) is 0.133. The van der Waals surface area contributed by atoms with Gasteiger partial charge in [0.1, 0.15) is 5.82 Å². The standard InChI is InChI=1S/C15H14BrFN2S/c1-9-3-6-14(12(16)7-9)19-15(20)18-11-5-4-10(2)13(17)8-11/h3-8H,1-2H3,(H2,18,19,20). The number of nitrogens with one attached hydrogen (secondary N) is 2. The van der Waals surface area contributed by atoms with E-state index in [4.69, 9.17) is 12.2 Å². The average molecular weight is 353 g/mol. The van der Waals surface area contributed by atoms with E-state index in [0.717, 1.165) is 15.7 Å². The van der Waals surface area contributed by atoms with E-state index in [2.05, 4.69) is 26.6 Å². The first kappa shape index (κ1) is 14.9. The van der Waals surface area contributed by atoms with Gasteiger partial charge < -0.3 is 10.6 Å². The SMILES string of the molecule is Cc1ccc(NC(=S)Nc2ccc(C)c(F)c2)c(Br)c1. The first-order valence-electron chi connectivity index (χ1n) is 6.06. The molecule has 0 spiro atoms. The zero-order valence-corrected chi connectivity index (χ0v) is 13.5. The van der Waals surface area contributed by atoms with Gasteiger partial charge in [-0.05, 0) is 77.4 Å². The third-order valence-corrected chi connectivity index (χ3v) is 3.66. The maximum absolute atomic E-state index is 13.5. The van der Waals surface area contributed by atoms with E-state index in [0.29, 0.717) is 16.4 Å². The molecule has 104 valence electrons. The summed E-state index contributed by atoms with van der Waals surface area (Å²) in [5.41, 5.74) is 3.24. The molecule has 20 heavy (non-hydrogen) atoms. The fourth-order valence-electron chi connectivity index (χ4n) is 1.68. The minimum Gasteiger partial charge on any atom is -0.332 e. The number of halogens is 2. The molecule has 2 aromatic carbocycles. The first-order valence-corrected chi connectivity index (χ1v) is 7.26. The van der Waals surface area contributed by atoms with Crippen LogP contribution in [0.4, 0.5) is 15.8 Å². The molecule has 0 aliphatic rings. The van der Waals surface area contributed by atoms with Gasteiger partial charge in [-0.2, -0.15) is 0 Å². The van der Waals surface area contributed by atoms with Crippen molar-refractivity contribution in [3.63, 3.8) is 0 Å². The Hall–Kier alpha value is -1.46. The van der Waals surface area contributed by atoms with Crippen molar-refractivity contribution in [1.29, 1.82) is 0 Å². The lowest BCUT2D eigenvalue weighted by molar-refractivity contribution is 0.619. The lowest BCUT2D eigenvalue weighted by atomic mass is 10.2. The predicted octanol–water partition coefficient (Wildman–Crippen LogP) is 5.01. The van der Waals surface area contributed by atoms with Gasteiger partial charge in [0.25, 0.3) is 0 Å². The van der Waals surface area contributed by atoms with Crippen LogP contribution in [-0.4, -0.2) is 5.11 Å². The molecule has 2 rings (SSSR count). The monoisotopic (exact) mass is 352 g/mol. The summed E-state index contributed by atoms with van der Waals surface area (Å²) in [6.45, 7) is 3.74. The van der Waals surface area contributed by atoms with Crippen LogP contribution in [0.5, 0.6) is 0 Å². The highest BCUT2D eigenvalue weighted by Gasteiger charge is 2.04. The van der Waals surface area contributed by atoms with Gasteiger partial charge in [-0.3, -0.25) is 0 Å². The highest BCUT2D eigenvalue weighted by atomic mass is 79.9. The largest absolute Gasteiger partial charge is 0.332 e. The number of hydrogen-bond acceptors (Lipinski definition) is 1. The van der Waals surface area contributed by atoms with E-state index in [1.54, 1.807) is 19.1 Å². The molecule has 0 fully saturated rings. The Morgan fingerprint density at radius 1 is 1.10 bits per heavy atom. The van der Waals surface area contributed by atoms with Crippen molar-refractivity contribution in [2.45, 2.75) is 13.8 Å². The molecule has 0 atom stereocenters. The number of anilines is 2. The van der Waals surface area contributed by atoms with Crippen LogP contribution >= 0.6 is 28.1 Å². The lowest BCUT2D eigenvalue weighted by Gasteiger charge is -2.12. The molecule has 5 heteroatoms. The summed E-state index contributed by atoms with van der Waals surface area (Å²) in [5.74, 6) is -0.255. The summed E-state index contributed by atoms with van der Waals surface area (Å²) in [5, 5.41) is 6.45. The van der Waals surface area contributed by atoms with Crippen LogP contribution in [0.2, 0.25) is 0 Å². The zero-order chi connectivity index (χ0) is 14.7. The third-order valence-electron chi connectivity index (χ3n) is 2.80. The Bertz CT molecular complexity index is 658. The Morgan fingerprint density at radius 3 is 2.50 bits per heavy atom. The zero-order valence-electron chi connectivity index (χ0n) is 11.1. The summed E-state index contributed by atoms with van der Waals surface area (Å²) >= 11 is 8.69. The normalized spacial score (nSPS) is 10.2. The molecule has 2 nitrogen and oxygen atoms in total. The molecule has 0 aliphatic carbocycles. The quantitative estimate of drug-likeness (QED) is 0.742. The van der Waals surface area contributed by atoms with Gasteiger partial charge in [0.05, 0.1) is 5.69 Å². The smallest absolute Gasteiger partial charge is 0.175 e. The molecule has 2 aromatic rings. The Labute approximate surface area is 131 Å². The van der Waals surface area contributed by atoms with E-state index in [-0.39, 0.29) is 5.82 Å². The molecular weight excluding hydrogens is 339 g/mol. The van der Waals surface area contributed by atoms with E-state index in [9.17, 15) is 4.39 Å². The Kier molecular flexibility index (Phi) is 4.73. The summed E-state index contributed by atoms with van der Waals surface area (Å²) in [7, 11) is 0. The molecule has 0 aromatic heterocycles. The van der Waals surface area contributed by atoms with Crippen molar-refractivity contribution < 1.29 is 4.39 Å². The lowest BCUT2D eigenvalue weighted by Crippen LogP contribution is -2.19. The van der Waals surface area contributed by atoms with Crippen LogP contribution in [0.3, 0.4) is 0 Å². The second-order valence-electron chi connectivity index (χ2n) is 4.53. The van der Waals surface area contributed by atoms with Crippen molar-refractivity contribution in [2.75, 3.05) is 10.6 Å². The summed E-state index contributed by atoms with van der Waals surface area (Å²) in [4.78, 5) is 0. The van der Waals surface area contributed by atoms with E-state index in [1.807, 2.05) is 25.1 Å². The fourth-order valence-corrected chi connectivity index (χ4v) is 2.50.